The number of amides is 2. The van der Waals surface area contributed by atoms with E-state index in [9.17, 15) is 14.4 Å². The molecule has 0 aliphatic rings. The summed E-state index contributed by atoms with van der Waals surface area (Å²) < 4.78 is 65.3. The molecule has 2 amide bonds. The van der Waals surface area contributed by atoms with Gasteiger partial charge in [-0.1, -0.05) is 0 Å². The van der Waals surface area contributed by atoms with Crippen molar-refractivity contribution in [2.75, 3.05) is 165 Å². The molecule has 0 aromatic heterocycles. The van der Waals surface area contributed by atoms with Gasteiger partial charge in [0.1, 0.15) is 5.60 Å². The maximum absolute atomic E-state index is 11.9. The van der Waals surface area contributed by atoms with Crippen molar-refractivity contribution in [2.24, 2.45) is 0 Å². The third-order valence-electron chi connectivity index (χ3n) is 6.35. The van der Waals surface area contributed by atoms with Crippen LogP contribution in [0.15, 0.2) is 0 Å². The molecule has 0 bridgehead atoms. The molecule has 53 heavy (non-hydrogen) atoms. The summed E-state index contributed by atoms with van der Waals surface area (Å²) in [5.74, 6) is -1.26. The number of rotatable bonds is 40. The number of likely N-dealkylation sites (N-methyl/N-ethyl adjacent to an activating group) is 1. The smallest absolute Gasteiger partial charge is 0.410 e. The van der Waals surface area contributed by atoms with Gasteiger partial charge >= 0.3 is 12.1 Å². The third-order valence-corrected chi connectivity index (χ3v) is 6.35. The highest BCUT2D eigenvalue weighted by atomic mass is 16.6. The van der Waals surface area contributed by atoms with Crippen LogP contribution in [0.4, 0.5) is 4.79 Å². The molecule has 0 saturated carbocycles. The van der Waals surface area contributed by atoms with E-state index in [4.69, 9.17) is 61.9 Å². The Balaban J connectivity index is 3.16. The molecule has 0 fully saturated rings. The number of carboxylic acid groups (broad SMARTS) is 1. The molecular formula is C35H68N2O16. The number of carbonyl (C=O) groups is 3. The summed E-state index contributed by atoms with van der Waals surface area (Å²) in [4.78, 5) is 35.1. The predicted octanol–water partition coefficient (Wildman–Crippen LogP) is 1.41. The molecule has 18 nitrogen and oxygen atoms in total. The number of aliphatic carboxylic acids is 1. The van der Waals surface area contributed by atoms with E-state index in [1.165, 1.54) is 4.90 Å². The van der Waals surface area contributed by atoms with Crippen molar-refractivity contribution < 1.29 is 76.3 Å². The Morgan fingerprint density at radius 1 is 0.491 bits per heavy atom. The van der Waals surface area contributed by atoms with E-state index >= 15 is 0 Å². The van der Waals surface area contributed by atoms with Crippen LogP contribution in [-0.2, 0) is 66.4 Å². The lowest BCUT2D eigenvalue weighted by molar-refractivity contribution is -0.138. The Morgan fingerprint density at radius 3 is 1.09 bits per heavy atom. The summed E-state index contributed by atoms with van der Waals surface area (Å²) in [6.45, 7) is 16.6. The Morgan fingerprint density at radius 2 is 0.792 bits per heavy atom. The number of nitrogens with one attached hydrogen (secondary N) is 1. The fourth-order valence-corrected chi connectivity index (χ4v) is 3.64. The Bertz CT molecular complexity index is 849. The molecular weight excluding hydrogens is 704 g/mol. The number of hydrogen-bond acceptors (Lipinski definition) is 15. The standard InChI is InChI=1S/C35H68N2O16/c1-35(2,3)53-34(41)37(4)9-11-43-13-15-45-17-19-47-21-23-49-25-27-51-29-31-52-30-28-50-26-24-48-22-20-46-18-16-44-14-12-42-10-5-8-36-32(38)6-7-33(39)40/h5-31H2,1-4H3,(H,36,38)(H,39,40). The molecule has 0 heterocycles. The minimum absolute atomic E-state index is 0.0142. The predicted molar refractivity (Wildman–Crippen MR) is 192 cm³/mol. The molecule has 2 N–H and O–H groups in total. The molecule has 0 spiro atoms. The monoisotopic (exact) mass is 772 g/mol. The van der Waals surface area contributed by atoms with Gasteiger partial charge < -0.3 is 72.2 Å². The minimum atomic E-state index is -0.986. The highest BCUT2D eigenvalue weighted by Crippen LogP contribution is 2.08. The Hall–Kier alpha value is -2.23. The number of ether oxygens (including phenoxy) is 12. The second kappa shape index (κ2) is 38.1. The summed E-state index contributed by atoms with van der Waals surface area (Å²) >= 11 is 0. The van der Waals surface area contributed by atoms with Crippen LogP contribution in [0, 0.1) is 0 Å². The van der Waals surface area contributed by atoms with Gasteiger partial charge in [-0.2, -0.15) is 0 Å². The topological polar surface area (TPSA) is 197 Å². The molecule has 0 radical (unpaired) electrons. The van der Waals surface area contributed by atoms with Crippen molar-refractivity contribution in [1.29, 1.82) is 0 Å². The van der Waals surface area contributed by atoms with Crippen LogP contribution < -0.4 is 5.32 Å². The fourth-order valence-electron chi connectivity index (χ4n) is 3.64. The zero-order valence-electron chi connectivity index (χ0n) is 32.6. The second-order valence-electron chi connectivity index (χ2n) is 12.2. The highest BCUT2D eigenvalue weighted by Gasteiger charge is 2.19. The van der Waals surface area contributed by atoms with Gasteiger partial charge in [-0.05, 0) is 27.2 Å². The van der Waals surface area contributed by atoms with E-state index in [-0.39, 0.29) is 24.8 Å². The molecule has 0 atom stereocenters. The van der Waals surface area contributed by atoms with Gasteiger partial charge in [0.05, 0.1) is 145 Å². The summed E-state index contributed by atoms with van der Waals surface area (Å²) in [6.07, 6.45) is 0.0935. The molecule has 0 rings (SSSR count). The zero-order valence-corrected chi connectivity index (χ0v) is 32.6. The first-order valence-corrected chi connectivity index (χ1v) is 18.4. The van der Waals surface area contributed by atoms with Crippen LogP contribution in [0.5, 0.6) is 0 Å². The summed E-state index contributed by atoms with van der Waals surface area (Å²) in [5, 5.41) is 11.2. The van der Waals surface area contributed by atoms with Gasteiger partial charge in [0.2, 0.25) is 5.91 Å². The molecule has 0 aliphatic carbocycles. The lowest BCUT2D eigenvalue weighted by Gasteiger charge is -2.24. The quantitative estimate of drug-likeness (QED) is 0.0848. The zero-order chi connectivity index (χ0) is 39.1. The molecule has 0 aromatic rings. The van der Waals surface area contributed by atoms with Crippen LogP contribution >= 0.6 is 0 Å². The molecule has 18 heteroatoms. The van der Waals surface area contributed by atoms with Gasteiger partial charge in [-0.25, -0.2) is 4.79 Å². The van der Waals surface area contributed by atoms with E-state index in [1.807, 2.05) is 20.8 Å². The number of nitrogens with zero attached hydrogens (tertiary/aromatic N) is 1. The first kappa shape index (κ1) is 50.8. The van der Waals surface area contributed by atoms with E-state index < -0.39 is 11.6 Å². The third kappa shape index (κ3) is 42.4. The maximum Gasteiger partial charge on any atom is 0.410 e. The largest absolute Gasteiger partial charge is 0.481 e. The average molecular weight is 773 g/mol. The number of carboxylic acids is 1. The first-order chi connectivity index (χ1) is 25.6. The number of carbonyl (C=O) groups excluding carboxylic acids is 2. The van der Waals surface area contributed by atoms with Crippen LogP contribution in [0.25, 0.3) is 0 Å². The van der Waals surface area contributed by atoms with Crippen molar-refractivity contribution in [3.05, 3.63) is 0 Å². The maximum atomic E-state index is 11.9. The minimum Gasteiger partial charge on any atom is -0.481 e. The van der Waals surface area contributed by atoms with Gasteiger partial charge in [-0.15, -0.1) is 0 Å². The highest BCUT2D eigenvalue weighted by molar-refractivity contribution is 5.80. The van der Waals surface area contributed by atoms with E-state index in [0.29, 0.717) is 165 Å². The summed E-state index contributed by atoms with van der Waals surface area (Å²) in [6, 6.07) is 0. The van der Waals surface area contributed by atoms with Gasteiger partial charge in [0, 0.05) is 33.2 Å². The SMILES string of the molecule is CN(CCOCCOCCOCCOCCOCCOCCOCCOCCOCCOCCOCCCNC(=O)CCC(=O)O)C(=O)OC(C)(C)C. The number of hydrogen-bond donors (Lipinski definition) is 2. The van der Waals surface area contributed by atoms with E-state index in [1.54, 1.807) is 7.05 Å². The van der Waals surface area contributed by atoms with Gasteiger partial charge in [0.25, 0.3) is 0 Å². The molecule has 0 aliphatic heterocycles. The normalized spacial score (nSPS) is 11.5. The Labute approximate surface area is 315 Å². The van der Waals surface area contributed by atoms with Crippen LogP contribution in [0.2, 0.25) is 0 Å². The average Bonchev–Trinajstić information content (AvgIpc) is 3.11. The molecule has 0 saturated heterocycles. The summed E-state index contributed by atoms with van der Waals surface area (Å²) in [5.41, 5.74) is -0.517. The second-order valence-corrected chi connectivity index (χ2v) is 12.2. The van der Waals surface area contributed by atoms with Crippen molar-refractivity contribution in [1.82, 2.24) is 10.2 Å². The summed E-state index contributed by atoms with van der Waals surface area (Å²) in [7, 11) is 1.68. The van der Waals surface area contributed by atoms with Crippen LogP contribution in [0.3, 0.4) is 0 Å². The Kier molecular flexibility index (Phi) is 36.5. The molecule has 314 valence electrons. The van der Waals surface area contributed by atoms with Crippen molar-refractivity contribution >= 4 is 18.0 Å². The van der Waals surface area contributed by atoms with Gasteiger partial charge in [0.15, 0.2) is 0 Å². The van der Waals surface area contributed by atoms with E-state index in [2.05, 4.69) is 5.32 Å². The van der Waals surface area contributed by atoms with Gasteiger partial charge in [-0.3, -0.25) is 9.59 Å². The van der Waals surface area contributed by atoms with Crippen LogP contribution in [0.1, 0.15) is 40.0 Å². The lowest BCUT2D eigenvalue weighted by atomic mass is 10.2. The van der Waals surface area contributed by atoms with Crippen molar-refractivity contribution in [3.8, 4) is 0 Å². The van der Waals surface area contributed by atoms with E-state index in [0.717, 1.165) is 0 Å². The van der Waals surface area contributed by atoms with Crippen molar-refractivity contribution in [3.63, 3.8) is 0 Å². The molecule has 0 unspecified atom stereocenters. The first-order valence-electron chi connectivity index (χ1n) is 18.4. The lowest BCUT2D eigenvalue weighted by Crippen LogP contribution is -2.36. The van der Waals surface area contributed by atoms with Crippen molar-refractivity contribution in [2.45, 2.75) is 45.6 Å². The van der Waals surface area contributed by atoms with Crippen LogP contribution in [-0.4, -0.2) is 199 Å². The fraction of sp³-hybridized carbons (Fsp3) is 0.914. The molecule has 0 aromatic carbocycles.